The van der Waals surface area contributed by atoms with Crippen LogP contribution < -0.4 is 9.47 Å². The Labute approximate surface area is 253 Å². The van der Waals surface area contributed by atoms with Crippen LogP contribution in [0.15, 0.2) is 48.5 Å². The number of carboxylic acids is 1. The Balaban J connectivity index is 0.000000646. The Hall–Kier alpha value is -3.27. The van der Waals surface area contributed by atoms with Crippen molar-refractivity contribution in [3.05, 3.63) is 59.7 Å². The third kappa shape index (κ3) is 11.1. The molecule has 1 amide bonds. The first-order chi connectivity index (χ1) is 20.4. The van der Waals surface area contributed by atoms with Crippen LogP contribution in [0, 0.1) is 11.3 Å². The number of hydrogen-bond donors (Lipinski definition) is 1. The van der Waals surface area contributed by atoms with Gasteiger partial charge in [-0.3, -0.25) is 9.69 Å². The van der Waals surface area contributed by atoms with Gasteiger partial charge in [-0.1, -0.05) is 57.5 Å². The zero-order chi connectivity index (χ0) is 31.5. The van der Waals surface area contributed by atoms with Crippen molar-refractivity contribution in [1.82, 2.24) is 9.80 Å². The molecule has 2 fully saturated rings. The van der Waals surface area contributed by atoms with Crippen molar-refractivity contribution in [3.8, 4) is 11.5 Å². The van der Waals surface area contributed by atoms with Gasteiger partial charge in [0.15, 0.2) is 0 Å². The first-order valence-corrected chi connectivity index (χ1v) is 15.1. The number of carboxylic acid groups (broad SMARTS) is 1. The number of alkyl halides is 3. The summed E-state index contributed by atoms with van der Waals surface area (Å²) < 4.78 is 43.6. The van der Waals surface area contributed by atoms with Crippen molar-refractivity contribution in [2.75, 3.05) is 39.4 Å². The van der Waals surface area contributed by atoms with E-state index in [0.29, 0.717) is 17.8 Å². The molecular weight excluding hydrogens is 561 g/mol. The number of halogens is 3. The molecular formula is C33H45F3N2O5. The lowest BCUT2D eigenvalue weighted by Gasteiger charge is -2.39. The van der Waals surface area contributed by atoms with Crippen LogP contribution in [0.3, 0.4) is 0 Å². The summed E-state index contributed by atoms with van der Waals surface area (Å²) in [6, 6.07) is 16.5. The van der Waals surface area contributed by atoms with Gasteiger partial charge >= 0.3 is 12.1 Å². The maximum Gasteiger partial charge on any atom is 0.490 e. The van der Waals surface area contributed by atoms with E-state index in [1.807, 2.05) is 24.3 Å². The van der Waals surface area contributed by atoms with Crippen LogP contribution in [0.25, 0.3) is 0 Å². The van der Waals surface area contributed by atoms with Crippen LogP contribution in [0.2, 0.25) is 0 Å². The molecule has 0 unspecified atom stereocenters. The summed E-state index contributed by atoms with van der Waals surface area (Å²) in [6.07, 6.45) is 1.01. The van der Waals surface area contributed by atoms with Gasteiger partial charge in [-0.25, -0.2) is 4.79 Å². The summed E-state index contributed by atoms with van der Waals surface area (Å²) >= 11 is 0. The minimum atomic E-state index is -5.08. The Bertz CT molecular complexity index is 1160. The SMILES string of the molecule is CCCCOc1ccc(CC(=O)N2CCC3(CCN(Cc4ccccc4OCC(C)C)C3)CC2)cc1.O=C(O)C(F)(F)F. The van der Waals surface area contributed by atoms with Crippen LogP contribution in [0.5, 0.6) is 11.5 Å². The fourth-order valence-corrected chi connectivity index (χ4v) is 5.40. The number of carbonyl (C=O) groups is 2. The Morgan fingerprint density at radius 2 is 1.60 bits per heavy atom. The van der Waals surface area contributed by atoms with Gasteiger partial charge in [-0.2, -0.15) is 13.2 Å². The fraction of sp³-hybridized carbons (Fsp3) is 0.576. The summed E-state index contributed by atoms with van der Waals surface area (Å²) in [6.45, 7) is 13.0. The molecule has 1 N–H and O–H groups in total. The van der Waals surface area contributed by atoms with Crippen molar-refractivity contribution in [1.29, 1.82) is 0 Å². The molecule has 0 aromatic heterocycles. The van der Waals surface area contributed by atoms with E-state index in [0.717, 1.165) is 88.7 Å². The molecule has 2 aliphatic heterocycles. The van der Waals surface area contributed by atoms with Gasteiger partial charge in [-0.15, -0.1) is 0 Å². The highest BCUT2D eigenvalue weighted by atomic mass is 19.4. The highest BCUT2D eigenvalue weighted by molar-refractivity contribution is 5.79. The third-order valence-electron chi connectivity index (χ3n) is 7.92. The average molecular weight is 607 g/mol. The molecule has 0 saturated carbocycles. The zero-order valence-electron chi connectivity index (χ0n) is 25.5. The van der Waals surface area contributed by atoms with Gasteiger partial charge in [0.1, 0.15) is 11.5 Å². The zero-order valence-corrected chi connectivity index (χ0v) is 25.5. The van der Waals surface area contributed by atoms with E-state index in [4.69, 9.17) is 19.4 Å². The van der Waals surface area contributed by atoms with Crippen LogP contribution in [-0.2, 0) is 22.6 Å². The Morgan fingerprint density at radius 3 is 2.21 bits per heavy atom. The molecule has 0 aliphatic carbocycles. The van der Waals surface area contributed by atoms with E-state index in [2.05, 4.69) is 54.8 Å². The van der Waals surface area contributed by atoms with Gasteiger partial charge < -0.3 is 19.5 Å². The average Bonchev–Trinajstić information content (AvgIpc) is 3.35. The number of piperidine rings is 1. The van der Waals surface area contributed by atoms with Gasteiger partial charge in [0, 0.05) is 31.7 Å². The predicted octanol–water partition coefficient (Wildman–Crippen LogP) is 6.59. The molecule has 2 aromatic carbocycles. The topological polar surface area (TPSA) is 79.3 Å². The Kier molecular flexibility index (Phi) is 12.7. The number of carbonyl (C=O) groups excluding carboxylic acids is 1. The largest absolute Gasteiger partial charge is 0.494 e. The maximum atomic E-state index is 13.0. The molecule has 0 atom stereocenters. The van der Waals surface area contributed by atoms with Crippen LogP contribution in [0.4, 0.5) is 13.2 Å². The molecule has 2 aromatic rings. The van der Waals surface area contributed by atoms with E-state index in [1.165, 1.54) is 12.0 Å². The number of likely N-dealkylation sites (tertiary alicyclic amines) is 2. The lowest BCUT2D eigenvalue weighted by atomic mass is 9.77. The molecule has 238 valence electrons. The van der Waals surface area contributed by atoms with E-state index in [9.17, 15) is 18.0 Å². The number of para-hydroxylation sites is 1. The van der Waals surface area contributed by atoms with Crippen molar-refractivity contribution >= 4 is 11.9 Å². The summed E-state index contributed by atoms with van der Waals surface area (Å²) in [5.74, 6) is -0.0828. The molecule has 2 saturated heterocycles. The number of amides is 1. The highest BCUT2D eigenvalue weighted by Gasteiger charge is 2.41. The number of aliphatic carboxylic acids is 1. The fourth-order valence-electron chi connectivity index (χ4n) is 5.40. The molecule has 10 heteroatoms. The third-order valence-corrected chi connectivity index (χ3v) is 7.92. The number of hydrogen-bond acceptors (Lipinski definition) is 5. The number of rotatable bonds is 11. The molecule has 2 aliphatic rings. The normalized spacial score (nSPS) is 16.6. The van der Waals surface area contributed by atoms with Gasteiger partial charge in [0.2, 0.25) is 5.91 Å². The van der Waals surface area contributed by atoms with E-state index >= 15 is 0 Å². The standard InChI is InChI=1S/C31H44N2O3.C2HF3O2/c1-4-5-20-35-28-12-10-26(11-13-28)21-30(34)33-18-15-31(16-19-33)14-17-32(24-31)22-27-8-6-7-9-29(27)36-23-25(2)3;3-2(4,5)1(6)7/h6-13,25H,4-5,14-24H2,1-3H3;(H,6,7). The second kappa shape index (κ2) is 16.0. The van der Waals surface area contributed by atoms with Gasteiger partial charge in [0.25, 0.3) is 0 Å². The van der Waals surface area contributed by atoms with E-state index in [1.54, 1.807) is 0 Å². The van der Waals surface area contributed by atoms with Gasteiger partial charge in [-0.05, 0) is 67.3 Å². The molecule has 7 nitrogen and oxygen atoms in total. The number of benzene rings is 2. The molecule has 1 spiro atoms. The lowest BCUT2D eigenvalue weighted by molar-refractivity contribution is -0.192. The molecule has 0 bridgehead atoms. The quantitative estimate of drug-likeness (QED) is 0.291. The summed E-state index contributed by atoms with van der Waals surface area (Å²) in [5.41, 5.74) is 2.69. The van der Waals surface area contributed by atoms with Crippen LogP contribution in [0.1, 0.15) is 64.0 Å². The van der Waals surface area contributed by atoms with Crippen LogP contribution >= 0.6 is 0 Å². The smallest absolute Gasteiger partial charge is 0.490 e. The number of unbranched alkanes of at least 4 members (excludes halogenated alkanes) is 1. The monoisotopic (exact) mass is 606 g/mol. The number of nitrogens with zero attached hydrogens (tertiary/aromatic N) is 2. The first-order valence-electron chi connectivity index (χ1n) is 15.1. The van der Waals surface area contributed by atoms with Crippen molar-refractivity contribution < 1.29 is 37.3 Å². The first kappa shape index (κ1) is 34.2. The molecule has 2 heterocycles. The molecule has 0 radical (unpaired) electrons. The highest BCUT2D eigenvalue weighted by Crippen LogP contribution is 2.41. The predicted molar refractivity (Wildman–Crippen MR) is 159 cm³/mol. The van der Waals surface area contributed by atoms with E-state index in [-0.39, 0.29) is 5.91 Å². The van der Waals surface area contributed by atoms with Crippen molar-refractivity contribution in [2.45, 2.75) is 72.0 Å². The van der Waals surface area contributed by atoms with E-state index < -0.39 is 12.1 Å². The van der Waals surface area contributed by atoms with Crippen molar-refractivity contribution in [2.24, 2.45) is 11.3 Å². The maximum absolute atomic E-state index is 13.0. The summed E-state index contributed by atoms with van der Waals surface area (Å²) in [7, 11) is 0. The number of ether oxygens (including phenoxy) is 2. The minimum absolute atomic E-state index is 0.246. The molecule has 43 heavy (non-hydrogen) atoms. The summed E-state index contributed by atoms with van der Waals surface area (Å²) in [5, 5.41) is 7.12. The van der Waals surface area contributed by atoms with Gasteiger partial charge in [0.05, 0.1) is 19.6 Å². The van der Waals surface area contributed by atoms with Crippen molar-refractivity contribution in [3.63, 3.8) is 0 Å². The summed E-state index contributed by atoms with van der Waals surface area (Å²) in [4.78, 5) is 26.5. The van der Waals surface area contributed by atoms with Crippen LogP contribution in [-0.4, -0.2) is 72.4 Å². The second-order valence-electron chi connectivity index (χ2n) is 12.0. The molecule has 4 rings (SSSR count). The lowest BCUT2D eigenvalue weighted by Crippen LogP contribution is -2.44. The second-order valence-corrected chi connectivity index (χ2v) is 12.0. The Morgan fingerprint density at radius 1 is 0.977 bits per heavy atom. The minimum Gasteiger partial charge on any atom is -0.494 e.